The first-order valence-electron chi connectivity index (χ1n) is 11.2. The van der Waals surface area contributed by atoms with E-state index >= 15 is 0 Å². The number of pyridine rings is 1. The van der Waals surface area contributed by atoms with E-state index in [1.807, 2.05) is 4.90 Å². The summed E-state index contributed by atoms with van der Waals surface area (Å²) >= 11 is 6.40. The Hall–Kier alpha value is -2.33. The van der Waals surface area contributed by atoms with Crippen LogP contribution in [0.25, 0.3) is 5.65 Å². The van der Waals surface area contributed by atoms with E-state index in [0.717, 1.165) is 36.2 Å². The van der Waals surface area contributed by atoms with E-state index in [0.29, 0.717) is 38.3 Å². The summed E-state index contributed by atoms with van der Waals surface area (Å²) < 4.78 is 48.0. The molecule has 0 aromatic carbocycles. The van der Waals surface area contributed by atoms with Crippen LogP contribution in [0.4, 0.5) is 13.2 Å². The van der Waals surface area contributed by atoms with Crippen LogP contribution in [0.5, 0.6) is 0 Å². The second-order valence-electron chi connectivity index (χ2n) is 8.94. The number of fused-ring (bicyclic) bond motifs is 1. The first kappa shape index (κ1) is 22.5. The van der Waals surface area contributed by atoms with Gasteiger partial charge in [0, 0.05) is 37.9 Å². The minimum absolute atomic E-state index is 0.129. The van der Waals surface area contributed by atoms with Gasteiger partial charge in [-0.25, -0.2) is 4.98 Å². The number of nitrogens with zero attached hydrogens (tertiary/aromatic N) is 4. The molecule has 1 aliphatic carbocycles. The molecule has 5 rings (SSSR count). The van der Waals surface area contributed by atoms with Gasteiger partial charge in [0.15, 0.2) is 11.3 Å². The summed E-state index contributed by atoms with van der Waals surface area (Å²) in [6.45, 7) is 1.37. The minimum Gasteiger partial charge on any atom is -0.381 e. The number of ether oxygens (including phenoxy) is 1. The van der Waals surface area contributed by atoms with Gasteiger partial charge >= 0.3 is 6.18 Å². The fraction of sp³-hybridized carbons (Fsp3) is 0.591. The molecule has 1 atom stereocenters. The van der Waals surface area contributed by atoms with E-state index in [1.165, 1.54) is 11.1 Å². The van der Waals surface area contributed by atoms with Crippen LogP contribution in [0.15, 0.2) is 12.3 Å². The number of rotatable bonds is 3. The Morgan fingerprint density at radius 1 is 1.18 bits per heavy atom. The van der Waals surface area contributed by atoms with Crippen molar-refractivity contribution in [2.45, 2.75) is 50.2 Å². The summed E-state index contributed by atoms with van der Waals surface area (Å²) in [4.78, 5) is 33.0. The molecular formula is C22H24ClF3N4O3. The molecule has 178 valence electrons. The largest absolute Gasteiger partial charge is 0.419 e. The Morgan fingerprint density at radius 3 is 2.58 bits per heavy atom. The molecule has 4 heterocycles. The lowest BCUT2D eigenvalue weighted by atomic mass is 9.99. The number of hydrogen-bond acceptors (Lipinski definition) is 4. The molecule has 0 N–H and O–H groups in total. The van der Waals surface area contributed by atoms with Gasteiger partial charge in [-0.1, -0.05) is 24.4 Å². The number of piperazine rings is 1. The zero-order chi connectivity index (χ0) is 23.3. The van der Waals surface area contributed by atoms with E-state index < -0.39 is 23.3 Å². The van der Waals surface area contributed by atoms with Gasteiger partial charge in [-0.05, 0) is 30.9 Å². The molecule has 2 aromatic heterocycles. The number of carbonyl (C=O) groups excluding carboxylic acids is 2. The number of imidazole rings is 1. The monoisotopic (exact) mass is 484 g/mol. The van der Waals surface area contributed by atoms with Crippen molar-refractivity contribution in [3.63, 3.8) is 0 Å². The van der Waals surface area contributed by atoms with Crippen LogP contribution in [0, 0.1) is 0 Å². The highest BCUT2D eigenvalue weighted by Crippen LogP contribution is 2.37. The van der Waals surface area contributed by atoms with Gasteiger partial charge in [-0.3, -0.25) is 14.0 Å². The Kier molecular flexibility index (Phi) is 5.76. The highest BCUT2D eigenvalue weighted by atomic mass is 35.5. The van der Waals surface area contributed by atoms with Gasteiger partial charge in [-0.2, -0.15) is 13.2 Å². The van der Waals surface area contributed by atoms with Crippen LogP contribution in [0.3, 0.4) is 0 Å². The van der Waals surface area contributed by atoms with E-state index in [-0.39, 0.29) is 35.3 Å². The molecule has 2 amide bonds. The van der Waals surface area contributed by atoms with Crippen LogP contribution < -0.4 is 0 Å². The zero-order valence-corrected chi connectivity index (χ0v) is 18.7. The van der Waals surface area contributed by atoms with E-state index in [1.54, 1.807) is 0 Å². The summed E-state index contributed by atoms with van der Waals surface area (Å²) in [6, 6.07) is 1.27. The molecular weight excluding hydrogens is 461 g/mol. The number of halogens is 4. The predicted molar refractivity (Wildman–Crippen MR) is 113 cm³/mol. The minimum atomic E-state index is -4.67. The van der Waals surface area contributed by atoms with E-state index in [4.69, 9.17) is 16.3 Å². The summed E-state index contributed by atoms with van der Waals surface area (Å²) in [5.74, 6) is -0.975. The van der Waals surface area contributed by atoms with Crippen molar-refractivity contribution in [3.05, 3.63) is 34.2 Å². The van der Waals surface area contributed by atoms with Gasteiger partial charge in [-0.15, -0.1) is 0 Å². The molecule has 2 aromatic rings. The average Bonchev–Trinajstić information content (AvgIpc) is 3.54. The molecule has 3 aliphatic rings. The SMILES string of the molecule is O=C(c1nc2c(C(F)(F)F)cc(C3CCOC3)cn2c1Cl)N1CCN(C2CCCC2)C(=O)C1. The number of amides is 2. The lowest BCUT2D eigenvalue weighted by Crippen LogP contribution is -2.55. The normalized spacial score (nSPS) is 22.7. The van der Waals surface area contributed by atoms with Gasteiger partial charge < -0.3 is 14.5 Å². The number of alkyl halides is 3. The van der Waals surface area contributed by atoms with Crippen LogP contribution in [0.1, 0.15) is 59.6 Å². The summed E-state index contributed by atoms with van der Waals surface area (Å²) in [5.41, 5.74) is -1.21. The number of carbonyl (C=O) groups is 2. The maximum atomic E-state index is 13.9. The molecule has 7 nitrogen and oxygen atoms in total. The van der Waals surface area contributed by atoms with Crippen molar-refractivity contribution >= 4 is 29.1 Å². The summed E-state index contributed by atoms with van der Waals surface area (Å²) in [6.07, 6.45) is 1.54. The molecule has 2 saturated heterocycles. The van der Waals surface area contributed by atoms with Crippen molar-refractivity contribution < 1.29 is 27.5 Å². The standard InChI is InChI=1S/C22H24ClF3N4O3/c23-19-18(21(32)28-6-7-29(17(31)11-28)15-3-1-2-4-15)27-20-16(22(24,25)26)9-14(10-30(19)20)13-5-8-33-12-13/h9-10,13,15H,1-8,11-12H2. The van der Waals surface area contributed by atoms with Gasteiger partial charge in [0.05, 0.1) is 12.2 Å². The molecule has 33 heavy (non-hydrogen) atoms. The second-order valence-corrected chi connectivity index (χ2v) is 9.30. The first-order valence-corrected chi connectivity index (χ1v) is 11.6. The second kappa shape index (κ2) is 8.47. The highest BCUT2D eigenvalue weighted by molar-refractivity contribution is 6.33. The third-order valence-corrected chi connectivity index (χ3v) is 7.26. The Balaban J connectivity index is 1.46. The highest BCUT2D eigenvalue weighted by Gasteiger charge is 2.38. The van der Waals surface area contributed by atoms with Gasteiger partial charge in [0.2, 0.25) is 5.91 Å². The van der Waals surface area contributed by atoms with Crippen molar-refractivity contribution in [1.82, 2.24) is 19.2 Å². The molecule has 1 unspecified atom stereocenters. The topological polar surface area (TPSA) is 67.2 Å². The maximum absolute atomic E-state index is 13.9. The molecule has 0 radical (unpaired) electrons. The molecule has 0 spiro atoms. The van der Waals surface area contributed by atoms with E-state index in [9.17, 15) is 22.8 Å². The predicted octanol–water partition coefficient (Wildman–Crippen LogP) is 3.74. The molecule has 3 fully saturated rings. The van der Waals surface area contributed by atoms with Crippen molar-refractivity contribution in [1.29, 1.82) is 0 Å². The molecule has 1 saturated carbocycles. The van der Waals surface area contributed by atoms with Crippen LogP contribution in [-0.4, -0.2) is 69.9 Å². The van der Waals surface area contributed by atoms with Gasteiger partial charge in [0.1, 0.15) is 11.7 Å². The Morgan fingerprint density at radius 2 is 1.94 bits per heavy atom. The molecule has 2 aliphatic heterocycles. The molecule has 0 bridgehead atoms. The fourth-order valence-electron chi connectivity index (χ4n) is 5.12. The van der Waals surface area contributed by atoms with Crippen molar-refractivity contribution in [3.8, 4) is 0 Å². The smallest absolute Gasteiger partial charge is 0.381 e. The first-order chi connectivity index (χ1) is 15.7. The molecule has 11 heteroatoms. The summed E-state index contributed by atoms with van der Waals surface area (Å²) in [5, 5.41) is -0.188. The average molecular weight is 485 g/mol. The van der Waals surface area contributed by atoms with Crippen molar-refractivity contribution in [2.24, 2.45) is 0 Å². The summed E-state index contributed by atoms with van der Waals surface area (Å²) in [7, 11) is 0. The Labute approximate surface area is 193 Å². The lowest BCUT2D eigenvalue weighted by molar-refractivity contribution is -0.137. The quantitative estimate of drug-likeness (QED) is 0.665. The van der Waals surface area contributed by atoms with Crippen LogP contribution in [-0.2, 0) is 15.7 Å². The van der Waals surface area contributed by atoms with Crippen molar-refractivity contribution in [2.75, 3.05) is 32.8 Å². The van der Waals surface area contributed by atoms with Crippen LogP contribution in [0.2, 0.25) is 5.15 Å². The fourth-order valence-corrected chi connectivity index (χ4v) is 5.37. The lowest BCUT2D eigenvalue weighted by Gasteiger charge is -2.37. The van der Waals surface area contributed by atoms with Gasteiger partial charge in [0.25, 0.3) is 5.91 Å². The van der Waals surface area contributed by atoms with E-state index in [2.05, 4.69) is 4.98 Å². The zero-order valence-electron chi connectivity index (χ0n) is 17.9. The number of hydrogen-bond donors (Lipinski definition) is 0. The maximum Gasteiger partial charge on any atom is 0.419 e. The number of aromatic nitrogens is 2. The third-order valence-electron chi connectivity index (χ3n) is 6.90. The van der Waals surface area contributed by atoms with Crippen LogP contribution >= 0.6 is 11.6 Å². The third kappa shape index (κ3) is 4.07. The Bertz CT molecular complexity index is 1090.